The number of hydrogen-bond donors (Lipinski definition) is 2. The van der Waals surface area contributed by atoms with Crippen molar-refractivity contribution in [1.29, 1.82) is 0 Å². The summed E-state index contributed by atoms with van der Waals surface area (Å²) in [5.41, 5.74) is 0.110. The molecule has 1 fully saturated rings. The minimum absolute atomic E-state index is 0.0999. The van der Waals surface area contributed by atoms with Gasteiger partial charge in [0.05, 0.1) is 0 Å². The molecule has 1 aromatic rings. The molecule has 7 heteroatoms. The van der Waals surface area contributed by atoms with Crippen LogP contribution in [0.5, 0.6) is 0 Å². The van der Waals surface area contributed by atoms with Crippen molar-refractivity contribution in [2.75, 3.05) is 0 Å². The van der Waals surface area contributed by atoms with Gasteiger partial charge in [-0.15, -0.1) is 0 Å². The maximum atomic E-state index is 11.9. The normalized spacial score (nSPS) is 16.2. The van der Waals surface area contributed by atoms with E-state index in [2.05, 4.69) is 15.6 Å². The van der Waals surface area contributed by atoms with Gasteiger partial charge in [0.15, 0.2) is 6.10 Å². The van der Waals surface area contributed by atoms with Crippen LogP contribution in [-0.4, -0.2) is 35.0 Å². The fourth-order valence-corrected chi connectivity index (χ4v) is 2.44. The first-order valence-electron chi connectivity index (χ1n) is 7.79. The summed E-state index contributed by atoms with van der Waals surface area (Å²) in [5, 5.41) is 4.96. The quantitative estimate of drug-likeness (QED) is 0.825. The Morgan fingerprint density at radius 3 is 2.61 bits per heavy atom. The van der Waals surface area contributed by atoms with Crippen molar-refractivity contribution in [3.63, 3.8) is 0 Å². The van der Waals surface area contributed by atoms with E-state index >= 15 is 0 Å². The number of ether oxygens (including phenoxy) is 1. The van der Waals surface area contributed by atoms with Crippen molar-refractivity contribution in [3.05, 3.63) is 30.1 Å². The van der Waals surface area contributed by atoms with Crippen molar-refractivity contribution < 1.29 is 19.1 Å². The maximum absolute atomic E-state index is 11.9. The summed E-state index contributed by atoms with van der Waals surface area (Å²) < 4.78 is 5.00. The van der Waals surface area contributed by atoms with Gasteiger partial charge in [-0.1, -0.05) is 25.3 Å². The smallest absolute Gasteiger partial charge is 0.357 e. The third kappa shape index (κ3) is 5.36. The molecule has 2 N–H and O–H groups in total. The van der Waals surface area contributed by atoms with Crippen molar-refractivity contribution in [1.82, 2.24) is 15.6 Å². The van der Waals surface area contributed by atoms with Gasteiger partial charge >= 0.3 is 12.0 Å². The first-order valence-corrected chi connectivity index (χ1v) is 7.79. The number of pyridine rings is 1. The molecule has 1 heterocycles. The highest BCUT2D eigenvalue weighted by atomic mass is 16.5. The molecule has 1 atom stereocenters. The van der Waals surface area contributed by atoms with Gasteiger partial charge < -0.3 is 10.1 Å². The van der Waals surface area contributed by atoms with Crippen molar-refractivity contribution >= 4 is 17.9 Å². The molecule has 0 unspecified atom stereocenters. The SMILES string of the molecule is C[C@H](OC(=O)c1ccccn1)C(=O)NC(=O)NC1CCCCC1. The van der Waals surface area contributed by atoms with E-state index in [1.54, 1.807) is 12.1 Å². The number of esters is 1. The van der Waals surface area contributed by atoms with E-state index in [0.717, 1.165) is 25.7 Å². The average molecular weight is 319 g/mol. The summed E-state index contributed by atoms with van der Waals surface area (Å²) in [6.45, 7) is 1.41. The molecule has 2 rings (SSSR count). The fraction of sp³-hybridized carbons (Fsp3) is 0.500. The van der Waals surface area contributed by atoms with E-state index in [1.807, 2.05) is 0 Å². The molecule has 23 heavy (non-hydrogen) atoms. The molecule has 0 aromatic carbocycles. The zero-order valence-corrected chi connectivity index (χ0v) is 13.1. The highest BCUT2D eigenvalue weighted by Gasteiger charge is 2.22. The number of urea groups is 1. The molecular weight excluding hydrogens is 298 g/mol. The Labute approximate surface area is 134 Å². The van der Waals surface area contributed by atoms with Crippen molar-refractivity contribution in [2.24, 2.45) is 0 Å². The van der Waals surface area contributed by atoms with Crippen LogP contribution in [-0.2, 0) is 9.53 Å². The standard InChI is InChI=1S/C16H21N3O4/c1-11(23-15(21)13-9-5-6-10-17-13)14(20)19-16(22)18-12-7-3-2-4-8-12/h5-6,9-12H,2-4,7-8H2,1H3,(H2,18,19,20,22)/t11-/m0/s1. The van der Waals surface area contributed by atoms with Crippen LogP contribution >= 0.6 is 0 Å². The zero-order chi connectivity index (χ0) is 16.7. The molecular formula is C16H21N3O4. The molecule has 124 valence electrons. The molecule has 0 bridgehead atoms. The number of amides is 3. The molecule has 1 saturated carbocycles. The summed E-state index contributed by atoms with van der Waals surface area (Å²) in [6, 6.07) is 4.35. The summed E-state index contributed by atoms with van der Waals surface area (Å²) in [5.74, 6) is -1.37. The van der Waals surface area contributed by atoms with Gasteiger partial charge in [0.1, 0.15) is 5.69 Å². The summed E-state index contributed by atoms with van der Waals surface area (Å²) in [6.07, 6.45) is 5.56. The summed E-state index contributed by atoms with van der Waals surface area (Å²) >= 11 is 0. The van der Waals surface area contributed by atoms with Crippen molar-refractivity contribution in [2.45, 2.75) is 51.2 Å². The van der Waals surface area contributed by atoms with E-state index in [9.17, 15) is 14.4 Å². The Kier molecular flexibility index (Phi) is 6.08. The lowest BCUT2D eigenvalue weighted by Crippen LogP contribution is -2.48. The molecule has 0 radical (unpaired) electrons. The molecule has 0 aliphatic heterocycles. The van der Waals surface area contributed by atoms with Crippen LogP contribution < -0.4 is 10.6 Å². The predicted octanol–water partition coefficient (Wildman–Crippen LogP) is 1.79. The number of carbonyl (C=O) groups excluding carboxylic acids is 3. The highest BCUT2D eigenvalue weighted by Crippen LogP contribution is 2.17. The number of hydrogen-bond acceptors (Lipinski definition) is 5. The lowest BCUT2D eigenvalue weighted by molar-refractivity contribution is -0.127. The monoisotopic (exact) mass is 319 g/mol. The second-order valence-electron chi connectivity index (χ2n) is 5.56. The predicted molar refractivity (Wildman–Crippen MR) is 82.7 cm³/mol. The van der Waals surface area contributed by atoms with Crippen LogP contribution in [0, 0.1) is 0 Å². The lowest BCUT2D eigenvalue weighted by atomic mass is 9.96. The van der Waals surface area contributed by atoms with E-state index in [1.165, 1.54) is 25.6 Å². The van der Waals surface area contributed by atoms with Crippen LogP contribution in [0.15, 0.2) is 24.4 Å². The Morgan fingerprint density at radius 1 is 1.22 bits per heavy atom. The lowest BCUT2D eigenvalue weighted by Gasteiger charge is -2.23. The van der Waals surface area contributed by atoms with Crippen molar-refractivity contribution in [3.8, 4) is 0 Å². The molecule has 3 amide bonds. The van der Waals surface area contributed by atoms with Gasteiger partial charge in [-0.2, -0.15) is 0 Å². The first kappa shape index (κ1) is 16.9. The molecule has 1 aliphatic rings. The number of imide groups is 1. The molecule has 0 saturated heterocycles. The Bertz CT molecular complexity index is 556. The number of rotatable bonds is 4. The number of nitrogens with one attached hydrogen (secondary N) is 2. The van der Waals surface area contributed by atoms with Crippen LogP contribution in [0.25, 0.3) is 0 Å². The van der Waals surface area contributed by atoms with Crippen LogP contribution in [0.2, 0.25) is 0 Å². The zero-order valence-electron chi connectivity index (χ0n) is 13.1. The van der Waals surface area contributed by atoms with E-state index in [4.69, 9.17) is 4.74 Å². The fourth-order valence-electron chi connectivity index (χ4n) is 2.44. The molecule has 7 nitrogen and oxygen atoms in total. The molecule has 1 aromatic heterocycles. The third-order valence-corrected chi connectivity index (χ3v) is 3.70. The van der Waals surface area contributed by atoms with E-state index < -0.39 is 24.0 Å². The second kappa shape index (κ2) is 8.26. The van der Waals surface area contributed by atoms with Gasteiger partial charge in [-0.25, -0.2) is 14.6 Å². The molecule has 0 spiro atoms. The summed E-state index contributed by atoms with van der Waals surface area (Å²) in [7, 11) is 0. The van der Waals surface area contributed by atoms with Crippen LogP contribution in [0.4, 0.5) is 4.79 Å². The minimum Gasteiger partial charge on any atom is -0.448 e. The van der Waals surface area contributed by atoms with Gasteiger partial charge in [-0.05, 0) is 31.9 Å². The largest absolute Gasteiger partial charge is 0.448 e. The third-order valence-electron chi connectivity index (χ3n) is 3.70. The van der Waals surface area contributed by atoms with E-state index in [-0.39, 0.29) is 11.7 Å². The molecule has 1 aliphatic carbocycles. The van der Waals surface area contributed by atoms with Gasteiger partial charge in [0.25, 0.3) is 5.91 Å². The number of aromatic nitrogens is 1. The minimum atomic E-state index is -1.08. The average Bonchev–Trinajstić information content (AvgIpc) is 2.56. The van der Waals surface area contributed by atoms with Crippen LogP contribution in [0.1, 0.15) is 49.5 Å². The highest BCUT2D eigenvalue weighted by molar-refractivity contribution is 5.98. The Balaban J connectivity index is 1.77. The van der Waals surface area contributed by atoms with Gasteiger partial charge in [-0.3, -0.25) is 10.1 Å². The number of carbonyl (C=O) groups is 3. The first-order chi connectivity index (χ1) is 11.1. The van der Waals surface area contributed by atoms with Crippen LogP contribution in [0.3, 0.4) is 0 Å². The second-order valence-corrected chi connectivity index (χ2v) is 5.56. The summed E-state index contributed by atoms with van der Waals surface area (Å²) in [4.78, 5) is 39.3. The van der Waals surface area contributed by atoms with Gasteiger partial charge in [0.2, 0.25) is 0 Å². The number of nitrogens with zero attached hydrogens (tertiary/aromatic N) is 1. The van der Waals surface area contributed by atoms with E-state index in [0.29, 0.717) is 0 Å². The Morgan fingerprint density at radius 2 is 1.96 bits per heavy atom. The van der Waals surface area contributed by atoms with Gasteiger partial charge in [0, 0.05) is 12.2 Å². The Hall–Kier alpha value is -2.44. The topological polar surface area (TPSA) is 97.4 Å². The maximum Gasteiger partial charge on any atom is 0.357 e.